The molecule has 2 aromatic heterocycles. The van der Waals surface area contributed by atoms with Gasteiger partial charge in [0.2, 0.25) is 11.8 Å². The maximum atomic E-state index is 13.4. The van der Waals surface area contributed by atoms with Crippen LogP contribution in [0, 0.1) is 17.8 Å². The van der Waals surface area contributed by atoms with E-state index in [1.165, 1.54) is 6.20 Å². The van der Waals surface area contributed by atoms with E-state index in [-0.39, 0.29) is 42.2 Å². The lowest BCUT2D eigenvalue weighted by molar-refractivity contribution is -0.130. The number of rotatable bonds is 6. The molecule has 9 nitrogen and oxygen atoms in total. The third kappa shape index (κ3) is 6.78. The minimum Gasteiger partial charge on any atom is -0.472 e. The Morgan fingerprint density at radius 2 is 2.06 bits per heavy atom. The molecule has 0 aromatic carbocycles. The lowest BCUT2D eigenvalue weighted by Crippen LogP contribution is -2.50. The topological polar surface area (TPSA) is 116 Å². The highest BCUT2D eigenvalue weighted by atomic mass is 16.5. The van der Waals surface area contributed by atoms with Crippen molar-refractivity contribution in [2.24, 2.45) is 5.92 Å². The maximum absolute atomic E-state index is 13.4. The maximum Gasteiger partial charge on any atom is 0.259 e. The number of fused-ring (bicyclic) bond motifs is 1. The highest BCUT2D eigenvalue weighted by Gasteiger charge is 2.34. The molecule has 0 radical (unpaired) electrons. The van der Waals surface area contributed by atoms with E-state index in [4.69, 9.17) is 4.74 Å². The van der Waals surface area contributed by atoms with E-state index < -0.39 is 18.2 Å². The summed E-state index contributed by atoms with van der Waals surface area (Å²) in [6, 6.07) is 4.77. The summed E-state index contributed by atoms with van der Waals surface area (Å²) in [5.74, 6) is 5.07. The molecule has 2 N–H and O–H groups in total. The summed E-state index contributed by atoms with van der Waals surface area (Å²) >= 11 is 0. The standard InChI is InChI=1S/C26H32N4O5/c1-17-14-30(18(2)16-31)26(34)22-11-21(6-5-19(3)32)13-28-25(22)35-23(17)15-29(4)24(33)12-20-7-9-27-10-8-20/h7-11,13,17-19,23,31-32H,12,14-16H2,1-4H3/t17-,18-,19-,23-/m1/s1. The van der Waals surface area contributed by atoms with Gasteiger partial charge in [-0.2, -0.15) is 0 Å². The lowest BCUT2D eigenvalue weighted by atomic mass is 9.99. The highest BCUT2D eigenvalue weighted by Crippen LogP contribution is 2.27. The van der Waals surface area contributed by atoms with Crippen molar-refractivity contribution in [2.45, 2.75) is 45.4 Å². The Bertz CT molecular complexity index is 1100. The first kappa shape index (κ1) is 26.1. The van der Waals surface area contributed by atoms with Crippen LogP contribution in [-0.4, -0.2) is 86.8 Å². The fourth-order valence-electron chi connectivity index (χ4n) is 3.76. The molecule has 3 heterocycles. The minimum atomic E-state index is -0.819. The lowest BCUT2D eigenvalue weighted by Gasteiger charge is -2.37. The summed E-state index contributed by atoms with van der Waals surface area (Å²) in [7, 11) is 1.72. The van der Waals surface area contributed by atoms with Gasteiger partial charge in [0.05, 0.1) is 25.6 Å². The second-order valence-electron chi connectivity index (χ2n) is 8.95. The molecule has 0 unspecified atom stereocenters. The second kappa shape index (κ2) is 11.8. The largest absolute Gasteiger partial charge is 0.472 e. The van der Waals surface area contributed by atoms with Crippen LogP contribution in [0.1, 0.15) is 42.3 Å². The van der Waals surface area contributed by atoms with E-state index in [1.54, 1.807) is 61.3 Å². The van der Waals surface area contributed by atoms with Gasteiger partial charge in [-0.25, -0.2) is 4.98 Å². The summed E-state index contributed by atoms with van der Waals surface area (Å²) in [5.41, 5.74) is 1.56. The summed E-state index contributed by atoms with van der Waals surface area (Å²) in [5, 5.41) is 19.2. The zero-order valence-corrected chi connectivity index (χ0v) is 20.5. The number of carbonyl (C=O) groups is 2. The number of nitrogens with zero attached hydrogens (tertiary/aromatic N) is 4. The fourth-order valence-corrected chi connectivity index (χ4v) is 3.76. The van der Waals surface area contributed by atoms with Gasteiger partial charge in [-0.15, -0.1) is 0 Å². The second-order valence-corrected chi connectivity index (χ2v) is 8.95. The zero-order chi connectivity index (χ0) is 25.5. The van der Waals surface area contributed by atoms with Crippen LogP contribution in [0.3, 0.4) is 0 Å². The Morgan fingerprint density at radius 1 is 1.34 bits per heavy atom. The first-order chi connectivity index (χ1) is 16.7. The number of aliphatic hydroxyl groups excluding tert-OH is 2. The molecule has 0 spiro atoms. The molecule has 2 amide bonds. The average Bonchev–Trinajstić information content (AvgIpc) is 2.84. The number of hydrogen-bond donors (Lipinski definition) is 2. The van der Waals surface area contributed by atoms with Crippen molar-refractivity contribution in [1.82, 2.24) is 19.8 Å². The van der Waals surface area contributed by atoms with Crippen LogP contribution in [0.2, 0.25) is 0 Å². The molecule has 0 bridgehead atoms. The van der Waals surface area contributed by atoms with Gasteiger partial charge in [0.1, 0.15) is 17.8 Å². The molecule has 0 fully saturated rings. The number of ether oxygens (including phenoxy) is 1. The molecular weight excluding hydrogens is 448 g/mol. The Kier molecular flexibility index (Phi) is 8.79. The summed E-state index contributed by atoms with van der Waals surface area (Å²) in [6.07, 6.45) is 3.77. The van der Waals surface area contributed by atoms with Crippen molar-refractivity contribution in [3.05, 3.63) is 53.5 Å². The van der Waals surface area contributed by atoms with Crippen LogP contribution >= 0.6 is 0 Å². The zero-order valence-electron chi connectivity index (χ0n) is 20.5. The van der Waals surface area contributed by atoms with E-state index in [2.05, 4.69) is 21.8 Å². The first-order valence-corrected chi connectivity index (χ1v) is 11.6. The molecule has 9 heteroatoms. The summed E-state index contributed by atoms with van der Waals surface area (Å²) in [6.45, 7) is 5.70. The highest BCUT2D eigenvalue weighted by molar-refractivity contribution is 5.97. The summed E-state index contributed by atoms with van der Waals surface area (Å²) < 4.78 is 6.21. The number of aliphatic hydroxyl groups is 2. The fraction of sp³-hybridized carbons (Fsp3) is 0.462. The predicted octanol–water partition coefficient (Wildman–Crippen LogP) is 1.13. The Hall–Kier alpha value is -3.48. The van der Waals surface area contributed by atoms with Crippen LogP contribution in [0.25, 0.3) is 0 Å². The number of pyridine rings is 2. The van der Waals surface area contributed by atoms with Gasteiger partial charge in [-0.1, -0.05) is 18.8 Å². The smallest absolute Gasteiger partial charge is 0.259 e. The molecule has 0 aliphatic carbocycles. The molecule has 35 heavy (non-hydrogen) atoms. The van der Waals surface area contributed by atoms with Gasteiger partial charge in [0.25, 0.3) is 5.91 Å². The molecule has 4 atom stereocenters. The Morgan fingerprint density at radius 3 is 2.71 bits per heavy atom. The molecule has 0 saturated heterocycles. The average molecular weight is 481 g/mol. The van der Waals surface area contributed by atoms with Gasteiger partial charge in [-0.3, -0.25) is 14.6 Å². The van der Waals surface area contributed by atoms with Crippen molar-refractivity contribution in [1.29, 1.82) is 0 Å². The monoisotopic (exact) mass is 480 g/mol. The molecule has 186 valence electrons. The van der Waals surface area contributed by atoms with Crippen molar-refractivity contribution in [2.75, 3.05) is 26.7 Å². The van der Waals surface area contributed by atoms with Gasteiger partial charge >= 0.3 is 0 Å². The van der Waals surface area contributed by atoms with E-state index >= 15 is 0 Å². The normalized spacial score (nSPS) is 19.3. The number of likely N-dealkylation sites (N-methyl/N-ethyl adjacent to an activating group) is 1. The molecule has 1 aliphatic heterocycles. The quantitative estimate of drug-likeness (QED) is 0.596. The first-order valence-electron chi connectivity index (χ1n) is 11.6. The third-order valence-corrected chi connectivity index (χ3v) is 5.93. The van der Waals surface area contributed by atoms with Gasteiger partial charge in [-0.05, 0) is 37.6 Å². The predicted molar refractivity (Wildman–Crippen MR) is 130 cm³/mol. The number of hydrogen-bond acceptors (Lipinski definition) is 7. The van der Waals surface area contributed by atoms with E-state index in [9.17, 15) is 19.8 Å². The van der Waals surface area contributed by atoms with Gasteiger partial charge in [0.15, 0.2) is 0 Å². The summed E-state index contributed by atoms with van der Waals surface area (Å²) in [4.78, 5) is 37.8. The number of aromatic nitrogens is 2. The van der Waals surface area contributed by atoms with Crippen LogP contribution in [0.15, 0.2) is 36.8 Å². The molecule has 1 aliphatic rings. The van der Waals surface area contributed by atoms with Crippen LogP contribution in [-0.2, 0) is 11.2 Å². The molecule has 3 rings (SSSR count). The van der Waals surface area contributed by atoms with Crippen molar-refractivity contribution in [3.8, 4) is 17.7 Å². The Labute approximate surface area is 205 Å². The molecule has 2 aromatic rings. The van der Waals surface area contributed by atoms with Crippen molar-refractivity contribution in [3.63, 3.8) is 0 Å². The van der Waals surface area contributed by atoms with Crippen LogP contribution in [0.5, 0.6) is 5.88 Å². The molecular formula is C26H32N4O5. The molecule has 0 saturated carbocycles. The van der Waals surface area contributed by atoms with E-state index in [1.807, 2.05) is 6.92 Å². The SMILES string of the molecule is C[C@@H]1CN([C@H](C)CO)C(=O)c2cc(C#C[C@@H](C)O)cnc2O[C@@H]1CN(C)C(=O)Cc1ccncc1. The number of amides is 2. The minimum absolute atomic E-state index is 0.0670. The Balaban J connectivity index is 1.89. The van der Waals surface area contributed by atoms with Crippen LogP contribution in [0.4, 0.5) is 0 Å². The van der Waals surface area contributed by atoms with E-state index in [0.29, 0.717) is 18.7 Å². The van der Waals surface area contributed by atoms with Crippen molar-refractivity contribution < 1.29 is 24.5 Å². The van der Waals surface area contributed by atoms with Gasteiger partial charge < -0.3 is 24.7 Å². The third-order valence-electron chi connectivity index (χ3n) is 5.93. The number of carbonyl (C=O) groups excluding carboxylic acids is 2. The van der Waals surface area contributed by atoms with Gasteiger partial charge in [0, 0.05) is 43.7 Å². The van der Waals surface area contributed by atoms with Crippen molar-refractivity contribution >= 4 is 11.8 Å². The van der Waals surface area contributed by atoms with E-state index in [0.717, 1.165) is 5.56 Å². The van der Waals surface area contributed by atoms with Crippen LogP contribution < -0.4 is 4.74 Å².